The third-order valence-electron chi connectivity index (χ3n) is 4.25. The smallest absolute Gasteiger partial charge is 0.0594 e. The number of ether oxygens (including phenoxy) is 1. The summed E-state index contributed by atoms with van der Waals surface area (Å²) in [5.74, 6) is 0. The first-order chi connectivity index (χ1) is 11.2. The van der Waals surface area contributed by atoms with E-state index in [1.807, 2.05) is 23.5 Å². The molecular weight excluding hydrogens is 377 g/mol. The van der Waals surface area contributed by atoms with Crippen molar-refractivity contribution in [2.45, 2.75) is 12.6 Å². The summed E-state index contributed by atoms with van der Waals surface area (Å²) in [6.07, 6.45) is 0. The normalized spacial score (nSPS) is 16.1. The highest BCUT2D eigenvalue weighted by Gasteiger charge is 2.24. The summed E-state index contributed by atoms with van der Waals surface area (Å²) < 4.78 is 5.52. The topological polar surface area (TPSA) is 41.7 Å². The molecule has 1 aliphatic heterocycles. The Morgan fingerprint density at radius 2 is 1.96 bits per heavy atom. The van der Waals surface area contributed by atoms with Crippen LogP contribution in [-0.2, 0) is 11.3 Å². The fourth-order valence-corrected chi connectivity index (χ4v) is 3.97. The molecule has 1 atom stereocenters. The van der Waals surface area contributed by atoms with Gasteiger partial charge in [-0.25, -0.2) is 0 Å². The molecule has 0 saturated carbocycles. The molecule has 0 bridgehead atoms. The maximum Gasteiger partial charge on any atom is 0.0594 e. The van der Waals surface area contributed by atoms with Crippen LogP contribution in [0.25, 0.3) is 0 Å². The van der Waals surface area contributed by atoms with E-state index in [1.165, 1.54) is 10.4 Å². The van der Waals surface area contributed by atoms with Gasteiger partial charge < -0.3 is 15.4 Å². The van der Waals surface area contributed by atoms with Crippen molar-refractivity contribution in [2.24, 2.45) is 0 Å². The minimum atomic E-state index is 0. The summed E-state index contributed by atoms with van der Waals surface area (Å²) in [7, 11) is 2.18. The van der Waals surface area contributed by atoms with E-state index in [0.717, 1.165) is 45.1 Å². The maximum absolute atomic E-state index is 5.89. The summed E-state index contributed by atoms with van der Waals surface area (Å²) >= 11 is 1.85. The summed E-state index contributed by atoms with van der Waals surface area (Å²) in [5, 5.41) is 2.17. The molecule has 1 fully saturated rings. The highest BCUT2D eigenvalue weighted by molar-refractivity contribution is 7.10. The molecule has 2 heterocycles. The Kier molecular flexibility index (Phi) is 9.79. The van der Waals surface area contributed by atoms with E-state index in [-0.39, 0.29) is 24.8 Å². The third kappa shape index (κ3) is 6.44. The standard InChI is InChI=1S/C18H25N3OS.2ClH/c1-20(13-15-4-2-5-16(19)12-15)14-17(18-6-3-11-23-18)21-7-9-22-10-8-21;;/h2-6,11-12,17H,7-10,13-14,19H2,1H3;2*1H. The Labute approximate surface area is 166 Å². The van der Waals surface area contributed by atoms with E-state index in [0.29, 0.717) is 6.04 Å². The van der Waals surface area contributed by atoms with Crippen molar-refractivity contribution in [2.75, 3.05) is 45.6 Å². The quantitative estimate of drug-likeness (QED) is 0.746. The van der Waals surface area contributed by atoms with Gasteiger partial charge in [0.2, 0.25) is 0 Å². The maximum atomic E-state index is 5.89. The van der Waals surface area contributed by atoms with Gasteiger partial charge in [0.05, 0.1) is 19.3 Å². The van der Waals surface area contributed by atoms with E-state index in [9.17, 15) is 0 Å². The number of nitrogen functional groups attached to an aromatic ring is 1. The van der Waals surface area contributed by atoms with Gasteiger partial charge in [-0.3, -0.25) is 4.90 Å². The van der Waals surface area contributed by atoms with Gasteiger partial charge in [0.1, 0.15) is 0 Å². The van der Waals surface area contributed by atoms with Gasteiger partial charge in [0.15, 0.2) is 0 Å². The van der Waals surface area contributed by atoms with Crippen molar-refractivity contribution in [3.05, 3.63) is 52.2 Å². The van der Waals surface area contributed by atoms with Crippen LogP contribution < -0.4 is 5.73 Å². The van der Waals surface area contributed by atoms with E-state index >= 15 is 0 Å². The molecule has 0 amide bonds. The molecular formula is C18H27Cl2N3OS. The Bertz CT molecular complexity index is 606. The van der Waals surface area contributed by atoms with Crippen molar-refractivity contribution in [1.82, 2.24) is 9.80 Å². The molecule has 25 heavy (non-hydrogen) atoms. The van der Waals surface area contributed by atoms with Crippen LogP contribution >= 0.6 is 36.2 Å². The molecule has 0 spiro atoms. The number of anilines is 1. The Balaban J connectivity index is 0.00000156. The number of morpholine rings is 1. The predicted octanol–water partition coefficient (Wildman–Crippen LogP) is 3.68. The predicted molar refractivity (Wildman–Crippen MR) is 111 cm³/mol. The highest BCUT2D eigenvalue weighted by Crippen LogP contribution is 2.27. The SMILES string of the molecule is CN(Cc1cccc(N)c1)CC(c1cccs1)N1CCOCC1.Cl.Cl. The lowest BCUT2D eigenvalue weighted by atomic mass is 10.1. The monoisotopic (exact) mass is 403 g/mol. The number of hydrogen-bond donors (Lipinski definition) is 1. The number of thiophene rings is 1. The summed E-state index contributed by atoms with van der Waals surface area (Å²) in [5.41, 5.74) is 7.99. The fraction of sp³-hybridized carbons (Fsp3) is 0.444. The van der Waals surface area contributed by atoms with Crippen LogP contribution in [-0.4, -0.2) is 49.7 Å². The molecule has 1 aromatic heterocycles. The largest absolute Gasteiger partial charge is 0.399 e. The molecule has 0 aliphatic carbocycles. The zero-order valence-corrected chi connectivity index (χ0v) is 16.9. The molecule has 7 heteroatoms. The minimum Gasteiger partial charge on any atom is -0.399 e. The lowest BCUT2D eigenvalue weighted by Gasteiger charge is -2.36. The van der Waals surface area contributed by atoms with Crippen LogP contribution in [0.15, 0.2) is 41.8 Å². The van der Waals surface area contributed by atoms with Crippen LogP contribution in [0.1, 0.15) is 16.5 Å². The van der Waals surface area contributed by atoms with E-state index in [2.05, 4.69) is 46.5 Å². The number of rotatable bonds is 6. The molecule has 2 aromatic rings. The van der Waals surface area contributed by atoms with E-state index < -0.39 is 0 Å². The second kappa shape index (κ2) is 11.0. The molecule has 4 nitrogen and oxygen atoms in total. The molecule has 1 aliphatic rings. The number of nitrogens with zero attached hydrogens (tertiary/aromatic N) is 2. The summed E-state index contributed by atoms with van der Waals surface area (Å²) in [4.78, 5) is 6.37. The number of likely N-dealkylation sites (N-methyl/N-ethyl adjacent to an activating group) is 1. The van der Waals surface area contributed by atoms with E-state index in [4.69, 9.17) is 10.5 Å². The Hall–Kier alpha value is -0.820. The van der Waals surface area contributed by atoms with Crippen molar-refractivity contribution >= 4 is 41.8 Å². The summed E-state index contributed by atoms with van der Waals surface area (Å²) in [6.45, 7) is 5.61. The second-order valence-electron chi connectivity index (χ2n) is 6.12. The van der Waals surface area contributed by atoms with Crippen molar-refractivity contribution in [3.63, 3.8) is 0 Å². The molecule has 0 radical (unpaired) electrons. The van der Waals surface area contributed by atoms with Crippen molar-refractivity contribution in [3.8, 4) is 0 Å². The number of halogens is 2. The fourth-order valence-electron chi connectivity index (χ4n) is 3.12. The third-order valence-corrected chi connectivity index (χ3v) is 5.22. The average molecular weight is 404 g/mol. The van der Waals surface area contributed by atoms with Crippen LogP contribution in [0.3, 0.4) is 0 Å². The van der Waals surface area contributed by atoms with Crippen LogP contribution in [0.5, 0.6) is 0 Å². The number of hydrogen-bond acceptors (Lipinski definition) is 5. The molecule has 3 rings (SSSR count). The first kappa shape index (κ1) is 22.2. The molecule has 1 aromatic carbocycles. The lowest BCUT2D eigenvalue weighted by molar-refractivity contribution is 0.00964. The van der Waals surface area contributed by atoms with Crippen molar-refractivity contribution in [1.29, 1.82) is 0 Å². The lowest BCUT2D eigenvalue weighted by Crippen LogP contribution is -2.42. The minimum absolute atomic E-state index is 0. The van der Waals surface area contributed by atoms with Gasteiger partial charge in [0.25, 0.3) is 0 Å². The van der Waals surface area contributed by atoms with Gasteiger partial charge in [-0.2, -0.15) is 0 Å². The Morgan fingerprint density at radius 3 is 2.60 bits per heavy atom. The molecule has 140 valence electrons. The first-order valence-electron chi connectivity index (χ1n) is 8.10. The Morgan fingerprint density at radius 1 is 1.20 bits per heavy atom. The highest BCUT2D eigenvalue weighted by atomic mass is 35.5. The second-order valence-corrected chi connectivity index (χ2v) is 7.10. The number of benzene rings is 1. The van der Waals surface area contributed by atoms with Crippen molar-refractivity contribution < 1.29 is 4.74 Å². The van der Waals surface area contributed by atoms with Crippen LogP contribution in [0, 0.1) is 0 Å². The number of nitrogens with two attached hydrogens (primary N) is 1. The van der Waals surface area contributed by atoms with Crippen LogP contribution in [0.2, 0.25) is 0 Å². The zero-order chi connectivity index (χ0) is 16.1. The van der Waals surface area contributed by atoms with Gasteiger partial charge in [-0.1, -0.05) is 18.2 Å². The average Bonchev–Trinajstić information content (AvgIpc) is 3.07. The summed E-state index contributed by atoms with van der Waals surface area (Å²) in [6, 6.07) is 13.0. The van der Waals surface area contributed by atoms with E-state index in [1.54, 1.807) is 0 Å². The molecule has 1 unspecified atom stereocenters. The van der Waals surface area contributed by atoms with Gasteiger partial charge >= 0.3 is 0 Å². The van der Waals surface area contributed by atoms with Gasteiger partial charge in [-0.05, 0) is 36.2 Å². The molecule has 2 N–H and O–H groups in total. The van der Waals surface area contributed by atoms with Gasteiger partial charge in [0, 0.05) is 36.7 Å². The zero-order valence-electron chi connectivity index (χ0n) is 14.5. The first-order valence-corrected chi connectivity index (χ1v) is 8.98. The molecule has 1 saturated heterocycles. The van der Waals surface area contributed by atoms with Crippen LogP contribution in [0.4, 0.5) is 5.69 Å². The van der Waals surface area contributed by atoms with Gasteiger partial charge in [-0.15, -0.1) is 36.2 Å².